The van der Waals surface area contributed by atoms with Gasteiger partial charge >= 0.3 is 0 Å². The maximum Gasteiger partial charge on any atom is 0.0868 e. The van der Waals surface area contributed by atoms with Gasteiger partial charge in [0.2, 0.25) is 0 Å². The average Bonchev–Trinajstić information content (AvgIpc) is 2.65. The Balaban J connectivity index is 2.22. The maximum absolute atomic E-state index is 6.32. The number of hydrogen-bond acceptors (Lipinski definition) is 2. The van der Waals surface area contributed by atoms with Gasteiger partial charge in [-0.2, -0.15) is 5.10 Å². The molecule has 0 spiro atoms. The van der Waals surface area contributed by atoms with E-state index in [4.69, 9.17) is 23.2 Å². The van der Waals surface area contributed by atoms with Crippen LogP contribution in [0.4, 0.5) is 5.69 Å². The van der Waals surface area contributed by atoms with Crippen molar-refractivity contribution < 1.29 is 0 Å². The van der Waals surface area contributed by atoms with Gasteiger partial charge in [-0.3, -0.25) is 4.68 Å². The van der Waals surface area contributed by atoms with E-state index in [1.54, 1.807) is 0 Å². The van der Waals surface area contributed by atoms with Crippen LogP contribution < -0.4 is 5.32 Å². The molecule has 0 amide bonds. The van der Waals surface area contributed by atoms with Crippen LogP contribution in [0.3, 0.4) is 0 Å². The molecule has 0 saturated carbocycles. The van der Waals surface area contributed by atoms with E-state index in [1.165, 1.54) is 0 Å². The van der Waals surface area contributed by atoms with E-state index in [9.17, 15) is 0 Å². The molecule has 0 saturated heterocycles. The predicted octanol–water partition coefficient (Wildman–Crippen LogP) is 4.21. The molecule has 0 fully saturated rings. The highest BCUT2D eigenvalue weighted by molar-refractivity contribution is 6.33. The summed E-state index contributed by atoms with van der Waals surface area (Å²) < 4.78 is 1.82. The Kier molecular flexibility index (Phi) is 4.38. The molecule has 1 N–H and O–H groups in total. The first-order chi connectivity index (χ1) is 9.04. The van der Waals surface area contributed by atoms with Gasteiger partial charge < -0.3 is 5.32 Å². The molecule has 1 aromatic carbocycles. The SMILES string of the molecule is CCc1nn(C)c(CNc2c(C)cccc2Cl)c1Cl. The molecule has 102 valence electrons. The van der Waals surface area contributed by atoms with E-state index in [0.717, 1.165) is 34.1 Å². The molecule has 1 heterocycles. The summed E-state index contributed by atoms with van der Waals surface area (Å²) in [6.07, 6.45) is 0.831. The van der Waals surface area contributed by atoms with E-state index in [1.807, 2.05) is 43.8 Å². The smallest absolute Gasteiger partial charge is 0.0868 e. The average molecular weight is 298 g/mol. The van der Waals surface area contributed by atoms with E-state index in [2.05, 4.69) is 10.4 Å². The third-order valence-corrected chi connectivity index (χ3v) is 3.91. The predicted molar refractivity (Wildman–Crippen MR) is 81.1 cm³/mol. The number of hydrogen-bond donors (Lipinski definition) is 1. The van der Waals surface area contributed by atoms with Gasteiger partial charge in [0.15, 0.2) is 0 Å². The van der Waals surface area contributed by atoms with Crippen LogP contribution in [-0.4, -0.2) is 9.78 Å². The molecule has 3 nitrogen and oxygen atoms in total. The van der Waals surface area contributed by atoms with Crippen LogP contribution in [0, 0.1) is 6.92 Å². The van der Waals surface area contributed by atoms with Crippen LogP contribution in [-0.2, 0) is 20.0 Å². The standard InChI is InChI=1S/C14H17Cl2N3/c1-4-11-13(16)12(19(3)18-11)8-17-14-9(2)6-5-7-10(14)15/h5-7,17H,4,8H2,1-3H3. The second-order valence-electron chi connectivity index (χ2n) is 4.47. The van der Waals surface area contributed by atoms with Crippen molar-refractivity contribution in [3.8, 4) is 0 Å². The maximum atomic E-state index is 6.32. The second-order valence-corrected chi connectivity index (χ2v) is 5.25. The molecule has 0 radical (unpaired) electrons. The topological polar surface area (TPSA) is 29.9 Å². The first-order valence-electron chi connectivity index (χ1n) is 6.23. The molecular formula is C14H17Cl2N3. The summed E-state index contributed by atoms with van der Waals surface area (Å²) >= 11 is 12.5. The van der Waals surface area contributed by atoms with E-state index in [-0.39, 0.29) is 0 Å². The number of halogens is 2. The highest BCUT2D eigenvalue weighted by Crippen LogP contribution is 2.27. The van der Waals surface area contributed by atoms with Crippen LogP contribution in [0.2, 0.25) is 10.0 Å². The zero-order chi connectivity index (χ0) is 14.0. The molecular weight excluding hydrogens is 281 g/mol. The molecule has 2 aromatic rings. The van der Waals surface area contributed by atoms with Gasteiger partial charge in [-0.15, -0.1) is 0 Å². The fourth-order valence-electron chi connectivity index (χ4n) is 2.04. The van der Waals surface area contributed by atoms with Crippen LogP contribution in [0.1, 0.15) is 23.9 Å². The molecule has 5 heteroatoms. The van der Waals surface area contributed by atoms with Crippen molar-refractivity contribution in [2.45, 2.75) is 26.8 Å². The quantitative estimate of drug-likeness (QED) is 0.916. The second kappa shape index (κ2) is 5.85. The zero-order valence-electron chi connectivity index (χ0n) is 11.3. The molecule has 2 rings (SSSR count). The van der Waals surface area contributed by atoms with Crippen molar-refractivity contribution in [3.05, 3.63) is 45.2 Å². The molecule has 0 atom stereocenters. The minimum absolute atomic E-state index is 0.604. The Morgan fingerprint density at radius 3 is 2.63 bits per heavy atom. The fraction of sp³-hybridized carbons (Fsp3) is 0.357. The third-order valence-electron chi connectivity index (χ3n) is 3.16. The van der Waals surface area contributed by atoms with Gasteiger partial charge in [-0.1, -0.05) is 42.3 Å². The Labute approximate surface area is 123 Å². The highest BCUT2D eigenvalue weighted by Gasteiger charge is 2.13. The van der Waals surface area contributed by atoms with Crippen molar-refractivity contribution in [1.29, 1.82) is 0 Å². The minimum atomic E-state index is 0.604. The molecule has 0 aliphatic carbocycles. The van der Waals surface area contributed by atoms with Gasteiger partial charge in [0.25, 0.3) is 0 Å². The third kappa shape index (κ3) is 2.88. The van der Waals surface area contributed by atoms with E-state index >= 15 is 0 Å². The van der Waals surface area contributed by atoms with Crippen molar-refractivity contribution in [2.75, 3.05) is 5.32 Å². The van der Waals surface area contributed by atoms with Crippen LogP contribution >= 0.6 is 23.2 Å². The monoisotopic (exact) mass is 297 g/mol. The molecule has 0 aliphatic heterocycles. The van der Waals surface area contributed by atoms with Crippen molar-refractivity contribution in [1.82, 2.24) is 9.78 Å². The van der Waals surface area contributed by atoms with Crippen molar-refractivity contribution in [3.63, 3.8) is 0 Å². The zero-order valence-corrected chi connectivity index (χ0v) is 12.8. The summed E-state index contributed by atoms with van der Waals surface area (Å²) in [5.41, 5.74) is 3.95. The molecule has 0 bridgehead atoms. The molecule has 19 heavy (non-hydrogen) atoms. The van der Waals surface area contributed by atoms with Gasteiger partial charge in [0.05, 0.1) is 33.7 Å². The van der Waals surface area contributed by atoms with Crippen LogP contribution in [0.15, 0.2) is 18.2 Å². The van der Waals surface area contributed by atoms with Gasteiger partial charge in [0, 0.05) is 7.05 Å². The number of nitrogens with one attached hydrogen (secondary N) is 1. The largest absolute Gasteiger partial charge is 0.378 e. The van der Waals surface area contributed by atoms with Crippen LogP contribution in [0.5, 0.6) is 0 Å². The number of para-hydroxylation sites is 1. The Morgan fingerprint density at radius 2 is 2.05 bits per heavy atom. The summed E-state index contributed by atoms with van der Waals surface area (Å²) in [6.45, 7) is 4.67. The van der Waals surface area contributed by atoms with Crippen molar-refractivity contribution >= 4 is 28.9 Å². The van der Waals surface area contributed by atoms with Crippen molar-refractivity contribution in [2.24, 2.45) is 7.05 Å². The minimum Gasteiger partial charge on any atom is -0.378 e. The van der Waals surface area contributed by atoms with Gasteiger partial charge in [-0.05, 0) is 25.0 Å². The lowest BCUT2D eigenvalue weighted by atomic mass is 10.2. The number of aromatic nitrogens is 2. The summed E-state index contributed by atoms with van der Waals surface area (Å²) in [6, 6.07) is 5.84. The Hall–Kier alpha value is -1.19. The van der Waals surface area contributed by atoms with Crippen LogP contribution in [0.25, 0.3) is 0 Å². The number of anilines is 1. The normalized spacial score (nSPS) is 10.8. The van der Waals surface area contributed by atoms with E-state index in [0.29, 0.717) is 11.6 Å². The van der Waals surface area contributed by atoms with Gasteiger partial charge in [-0.25, -0.2) is 0 Å². The summed E-state index contributed by atoms with van der Waals surface area (Å²) in [7, 11) is 1.90. The number of benzene rings is 1. The molecule has 1 aromatic heterocycles. The lowest BCUT2D eigenvalue weighted by Gasteiger charge is -2.11. The molecule has 0 aliphatic rings. The summed E-state index contributed by atoms with van der Waals surface area (Å²) in [4.78, 5) is 0. The first kappa shape index (κ1) is 14.2. The Morgan fingerprint density at radius 1 is 1.32 bits per heavy atom. The van der Waals surface area contributed by atoms with Gasteiger partial charge in [0.1, 0.15) is 0 Å². The van der Waals surface area contributed by atoms with E-state index < -0.39 is 0 Å². The lowest BCUT2D eigenvalue weighted by molar-refractivity contribution is 0.707. The number of nitrogens with zero attached hydrogens (tertiary/aromatic N) is 2. The fourth-order valence-corrected chi connectivity index (χ4v) is 2.69. The lowest BCUT2D eigenvalue weighted by Crippen LogP contribution is -2.07. The highest BCUT2D eigenvalue weighted by atomic mass is 35.5. The Bertz CT molecular complexity index is 570. The summed E-state index contributed by atoms with van der Waals surface area (Å²) in [5, 5.41) is 9.19. The number of rotatable bonds is 4. The first-order valence-corrected chi connectivity index (χ1v) is 6.99. The summed E-state index contributed by atoms with van der Waals surface area (Å²) in [5.74, 6) is 0. The number of aryl methyl sites for hydroxylation is 3. The molecule has 0 unspecified atom stereocenters.